The summed E-state index contributed by atoms with van der Waals surface area (Å²) in [5, 5.41) is 0. The summed E-state index contributed by atoms with van der Waals surface area (Å²) in [4.78, 5) is 1.58. The van der Waals surface area contributed by atoms with E-state index >= 15 is 0 Å². The maximum absolute atomic E-state index is 3.25. The van der Waals surface area contributed by atoms with Crippen LogP contribution >= 0.6 is 15.9 Å². The third kappa shape index (κ3) is 11.7. The fourth-order valence-corrected chi connectivity index (χ4v) is 0. The topological polar surface area (TPSA) is 0 Å². The maximum atomic E-state index is 3.25. The van der Waals surface area contributed by atoms with E-state index < -0.39 is 0 Å². The second kappa shape index (κ2) is 8.84. The van der Waals surface area contributed by atoms with Crippen molar-refractivity contribution in [3.8, 4) is 0 Å². The van der Waals surface area contributed by atoms with Gasteiger partial charge in [0.25, 0.3) is 0 Å². The molecular weight excluding hydrogens is 140 g/mol. The Bertz CT molecular complexity index is 44.9. The molecule has 0 spiro atoms. The third-order valence-electron chi connectivity index (χ3n) is 0.0772. The molecule has 0 radical (unpaired) electrons. The van der Waals surface area contributed by atoms with Gasteiger partial charge >= 0.3 is 23.1 Å². The van der Waals surface area contributed by atoms with Gasteiger partial charge in [0.1, 0.15) is 0 Å². The number of rotatable bonds is 0. The molecule has 0 aromatic heterocycles. The van der Waals surface area contributed by atoms with Crippen LogP contribution < -0.4 is 0 Å². The van der Waals surface area contributed by atoms with Crippen molar-refractivity contribution >= 4 is 39.0 Å². The van der Waals surface area contributed by atoms with E-state index in [1.807, 2.05) is 0 Å². The van der Waals surface area contributed by atoms with E-state index in [0.717, 1.165) is 0 Å². The van der Waals surface area contributed by atoms with E-state index in [1.165, 1.54) is 0 Å². The van der Waals surface area contributed by atoms with Gasteiger partial charge in [-0.3, -0.25) is 0 Å². The van der Waals surface area contributed by atoms with Crippen molar-refractivity contribution < 1.29 is 0 Å². The molecule has 0 atom stereocenters. The van der Waals surface area contributed by atoms with Gasteiger partial charge in [-0.2, -0.15) is 0 Å². The lowest BCUT2D eigenvalue weighted by atomic mass is 11.0. The summed E-state index contributed by atoms with van der Waals surface area (Å²) in [6.07, 6.45) is 0. The van der Waals surface area contributed by atoms with Crippen molar-refractivity contribution in [1.82, 2.24) is 0 Å². The molecule has 0 aromatic carbocycles. The van der Waals surface area contributed by atoms with Crippen molar-refractivity contribution in [1.29, 1.82) is 0 Å². The zero-order chi connectivity index (χ0) is 3.41. The quantitative estimate of drug-likeness (QED) is 0.349. The molecule has 0 bridgehead atoms. The molecule has 0 amide bonds. The minimum Gasteiger partial charge on any atom is -0.121 e. The molecule has 0 aliphatic carbocycles. The van der Waals surface area contributed by atoms with Gasteiger partial charge in [-0.1, -0.05) is 22.5 Å². The first-order valence-corrected chi connectivity index (χ1v) is 1.78. The van der Waals surface area contributed by atoms with Crippen molar-refractivity contribution in [3.05, 3.63) is 17.3 Å². The summed E-state index contributed by atoms with van der Waals surface area (Å²) in [7, 11) is 0. The molecule has 5 heavy (non-hydrogen) atoms. The highest BCUT2D eigenvalue weighted by Gasteiger charge is 1.27. The first kappa shape index (κ1) is 9.23. The van der Waals surface area contributed by atoms with Crippen LogP contribution in [0.3, 0.4) is 0 Å². The highest BCUT2D eigenvalue weighted by atomic mass is 79.9. The lowest BCUT2D eigenvalue weighted by Gasteiger charge is -1.35. The minimum absolute atomic E-state index is 0. The van der Waals surface area contributed by atoms with Crippen LogP contribution in [0, 0.1) is 0 Å². The Morgan fingerprint density at radius 2 is 2.00 bits per heavy atom. The molecule has 0 rings (SSSR count). The predicted octanol–water partition coefficient (Wildman–Crippen LogP) is 0.764. The van der Waals surface area contributed by atoms with Crippen molar-refractivity contribution in [2.45, 2.75) is 0 Å². The zero-order valence-corrected chi connectivity index (χ0v) is 3.75. The molecule has 26 valence electrons. The fourth-order valence-electron chi connectivity index (χ4n) is 0. The van der Waals surface area contributed by atoms with E-state index in [-0.39, 0.29) is 23.1 Å². The largest absolute Gasteiger partial charge is 0.316 e. The second-order valence-electron chi connectivity index (χ2n) is 0.313. The average Bonchev–Trinajstić information content (AvgIpc) is 1.37. The fraction of sp³-hybridized carbons (Fsp3) is 0. The Morgan fingerprint density at radius 3 is 2.00 bits per heavy atom. The highest BCUT2D eigenvalue weighted by molar-refractivity contribution is 9.11. The van der Waals surface area contributed by atoms with Gasteiger partial charge in [0.05, 0.1) is 0 Å². The van der Waals surface area contributed by atoms with Crippen LogP contribution in [0.5, 0.6) is 0 Å². The summed E-state index contributed by atoms with van der Waals surface area (Å²) in [6, 6.07) is 0. The van der Waals surface area contributed by atoms with Crippen LogP contribution in [0.15, 0.2) is 17.3 Å². The molecule has 0 unspecified atom stereocenters. The van der Waals surface area contributed by atoms with Crippen LogP contribution in [-0.4, -0.2) is 23.1 Å². The third-order valence-corrected chi connectivity index (χ3v) is 0.401. The SMILES string of the molecule is C=C=CBr.[MgH2]. The second-order valence-corrected chi connectivity index (χ2v) is 0.771. The maximum Gasteiger partial charge on any atom is 0.316 e. The van der Waals surface area contributed by atoms with Crippen molar-refractivity contribution in [3.63, 3.8) is 0 Å². The van der Waals surface area contributed by atoms with Crippen LogP contribution in [0.2, 0.25) is 0 Å². The summed E-state index contributed by atoms with van der Waals surface area (Å²) < 4.78 is 0. The van der Waals surface area contributed by atoms with E-state index in [4.69, 9.17) is 0 Å². The summed E-state index contributed by atoms with van der Waals surface area (Å²) in [5.41, 5.74) is 2.47. The Balaban J connectivity index is 0. The predicted molar refractivity (Wildman–Crippen MR) is 31.2 cm³/mol. The number of halogens is 1. The molecule has 0 nitrogen and oxygen atoms in total. The van der Waals surface area contributed by atoms with E-state index in [9.17, 15) is 0 Å². The molecule has 2 heteroatoms. The van der Waals surface area contributed by atoms with Crippen LogP contribution in [0.25, 0.3) is 0 Å². The summed E-state index contributed by atoms with van der Waals surface area (Å²) in [5.74, 6) is 0. The molecule has 0 aliphatic rings. The Kier molecular flexibility index (Phi) is 16.3. The first-order chi connectivity index (χ1) is 1.91. The lowest BCUT2D eigenvalue weighted by Crippen LogP contribution is -1.03. The molecule has 0 N–H and O–H groups in total. The van der Waals surface area contributed by atoms with Crippen LogP contribution in [0.1, 0.15) is 0 Å². The van der Waals surface area contributed by atoms with Gasteiger partial charge in [-0.25, -0.2) is 0 Å². The smallest absolute Gasteiger partial charge is 0.121 e. The van der Waals surface area contributed by atoms with E-state index in [0.29, 0.717) is 0 Å². The Hall–Kier alpha value is 0.766. The van der Waals surface area contributed by atoms with Gasteiger partial charge in [0.2, 0.25) is 0 Å². The van der Waals surface area contributed by atoms with Gasteiger partial charge in [-0.15, -0.1) is 5.73 Å². The zero-order valence-electron chi connectivity index (χ0n) is 2.16. The molecular formula is C3H5BrMg. The molecule has 0 saturated carbocycles. The van der Waals surface area contributed by atoms with Crippen molar-refractivity contribution in [2.75, 3.05) is 0 Å². The molecule has 0 aliphatic heterocycles. The molecule has 0 fully saturated rings. The van der Waals surface area contributed by atoms with Gasteiger partial charge < -0.3 is 0 Å². The minimum atomic E-state index is 0. The highest BCUT2D eigenvalue weighted by Crippen LogP contribution is 1.71. The van der Waals surface area contributed by atoms with E-state index in [1.54, 1.807) is 4.99 Å². The van der Waals surface area contributed by atoms with E-state index in [2.05, 4.69) is 28.2 Å². The van der Waals surface area contributed by atoms with Gasteiger partial charge in [0.15, 0.2) is 0 Å². The summed E-state index contributed by atoms with van der Waals surface area (Å²) >= 11 is 2.95. The summed E-state index contributed by atoms with van der Waals surface area (Å²) in [6.45, 7) is 3.25. The number of hydrogen-bond donors (Lipinski definition) is 0. The molecule has 0 aromatic rings. The van der Waals surface area contributed by atoms with Gasteiger partial charge in [0, 0.05) is 4.99 Å². The van der Waals surface area contributed by atoms with Crippen LogP contribution in [0.4, 0.5) is 0 Å². The van der Waals surface area contributed by atoms with Crippen molar-refractivity contribution in [2.24, 2.45) is 0 Å². The average molecular weight is 145 g/mol. The monoisotopic (exact) mass is 144 g/mol. The molecule has 0 saturated heterocycles. The number of hydrogen-bond acceptors (Lipinski definition) is 0. The Morgan fingerprint density at radius 1 is 1.80 bits per heavy atom. The molecule has 0 heterocycles. The van der Waals surface area contributed by atoms with Gasteiger partial charge in [-0.05, 0) is 0 Å². The lowest BCUT2D eigenvalue weighted by molar-refractivity contribution is 2.47. The normalized spacial score (nSPS) is 3.40. The Labute approximate surface area is 56.2 Å². The standard InChI is InChI=1S/C3H3Br.Mg.2H/c1-2-3-4;;;/h3H,1H2;;;. The first-order valence-electron chi connectivity index (χ1n) is 0.860. The van der Waals surface area contributed by atoms with Crippen LogP contribution in [-0.2, 0) is 0 Å².